The number of fused-ring (bicyclic) bond motifs is 2. The molecule has 0 saturated carbocycles. The molecule has 0 atom stereocenters. The third-order valence-electron chi connectivity index (χ3n) is 5.36. The molecular weight excluding hydrogens is 492 g/mol. The fourth-order valence-electron chi connectivity index (χ4n) is 3.64. The molecule has 0 aliphatic rings. The number of imidazole rings is 2. The molecule has 10 heteroatoms. The second-order valence-electron chi connectivity index (χ2n) is 8.38. The van der Waals surface area contributed by atoms with Crippen LogP contribution in [0.2, 0.25) is 0 Å². The maximum atomic E-state index is 12.4. The number of nitrogens with one attached hydrogen (secondary N) is 4. The highest BCUT2D eigenvalue weighted by atomic mass is 32.2. The first-order valence-electron chi connectivity index (χ1n) is 11.3. The number of hydrogen-bond acceptors (Lipinski definition) is 6. The van der Waals surface area contributed by atoms with Crippen LogP contribution in [0.15, 0.2) is 71.0 Å². The molecule has 5 aromatic rings. The number of amides is 2. The number of aryl methyl sites for hydroxylation is 2. The molecule has 182 valence electrons. The Labute approximate surface area is 216 Å². The number of carbonyl (C=O) groups excluding carboxylic acids is 2. The van der Waals surface area contributed by atoms with Crippen molar-refractivity contribution < 1.29 is 9.59 Å². The van der Waals surface area contributed by atoms with Gasteiger partial charge < -0.3 is 20.6 Å². The van der Waals surface area contributed by atoms with E-state index in [4.69, 9.17) is 0 Å². The molecule has 3 aromatic carbocycles. The summed E-state index contributed by atoms with van der Waals surface area (Å²) in [5.41, 5.74) is 7.31. The minimum atomic E-state index is -0.133. The van der Waals surface area contributed by atoms with Crippen molar-refractivity contribution in [2.45, 2.75) is 24.2 Å². The van der Waals surface area contributed by atoms with Crippen LogP contribution in [0.1, 0.15) is 11.1 Å². The summed E-state index contributed by atoms with van der Waals surface area (Å²) >= 11 is 2.70. The molecule has 8 nitrogen and oxygen atoms in total. The molecule has 0 aliphatic carbocycles. The van der Waals surface area contributed by atoms with Gasteiger partial charge >= 0.3 is 0 Å². The van der Waals surface area contributed by atoms with Gasteiger partial charge in [0.2, 0.25) is 11.8 Å². The summed E-state index contributed by atoms with van der Waals surface area (Å²) in [6.45, 7) is 4.05. The van der Waals surface area contributed by atoms with E-state index in [-0.39, 0.29) is 23.3 Å². The zero-order chi connectivity index (χ0) is 25.1. The van der Waals surface area contributed by atoms with Crippen LogP contribution in [-0.2, 0) is 9.59 Å². The Morgan fingerprint density at radius 3 is 1.53 bits per heavy atom. The van der Waals surface area contributed by atoms with Crippen LogP contribution < -0.4 is 10.6 Å². The second-order valence-corrected chi connectivity index (χ2v) is 10.3. The van der Waals surface area contributed by atoms with Crippen molar-refractivity contribution in [3.05, 3.63) is 71.8 Å². The van der Waals surface area contributed by atoms with Gasteiger partial charge in [0, 0.05) is 11.4 Å². The summed E-state index contributed by atoms with van der Waals surface area (Å²) in [5.74, 6) is 0.197. The van der Waals surface area contributed by atoms with Gasteiger partial charge in [0.25, 0.3) is 0 Å². The SMILES string of the molecule is Cc1ccc2nc(SCC(=O)Nc3ccc(NC(=O)CSc4nc5ccc(C)cc5[nH]4)cc3)[nH]c2c1. The van der Waals surface area contributed by atoms with E-state index in [1.807, 2.05) is 50.2 Å². The average Bonchev–Trinajstić information content (AvgIpc) is 3.45. The summed E-state index contributed by atoms with van der Waals surface area (Å²) < 4.78 is 0. The van der Waals surface area contributed by atoms with Crippen molar-refractivity contribution >= 4 is 68.8 Å². The maximum Gasteiger partial charge on any atom is 0.234 e. The molecule has 2 aromatic heterocycles. The molecule has 0 spiro atoms. The Kier molecular flexibility index (Phi) is 6.97. The van der Waals surface area contributed by atoms with Crippen LogP contribution in [0.25, 0.3) is 22.1 Å². The molecule has 2 amide bonds. The minimum absolute atomic E-state index is 0.133. The molecule has 0 saturated heterocycles. The van der Waals surface area contributed by atoms with Gasteiger partial charge in [-0.1, -0.05) is 35.7 Å². The molecular formula is C26H24N6O2S2. The lowest BCUT2D eigenvalue weighted by Gasteiger charge is -2.07. The van der Waals surface area contributed by atoms with Crippen molar-refractivity contribution in [1.29, 1.82) is 0 Å². The Hall–Kier alpha value is -3.76. The highest BCUT2D eigenvalue weighted by molar-refractivity contribution is 8.00. The topological polar surface area (TPSA) is 116 Å². The number of H-pyrrole nitrogens is 2. The minimum Gasteiger partial charge on any atom is -0.333 e. The van der Waals surface area contributed by atoms with Gasteiger partial charge in [0.1, 0.15) is 0 Å². The lowest BCUT2D eigenvalue weighted by Crippen LogP contribution is -2.15. The molecule has 2 heterocycles. The smallest absolute Gasteiger partial charge is 0.234 e. The number of thioether (sulfide) groups is 2. The van der Waals surface area contributed by atoms with Gasteiger partial charge in [-0.05, 0) is 73.5 Å². The first-order chi connectivity index (χ1) is 17.4. The van der Waals surface area contributed by atoms with Crippen LogP contribution in [-0.4, -0.2) is 43.3 Å². The van der Waals surface area contributed by atoms with Crippen LogP contribution in [0.5, 0.6) is 0 Å². The van der Waals surface area contributed by atoms with E-state index in [9.17, 15) is 9.59 Å². The number of benzene rings is 3. The summed E-state index contributed by atoms with van der Waals surface area (Å²) in [6.07, 6.45) is 0. The fourth-order valence-corrected chi connectivity index (χ4v) is 5.01. The third kappa shape index (κ3) is 5.89. The summed E-state index contributed by atoms with van der Waals surface area (Å²) in [7, 11) is 0. The molecule has 4 N–H and O–H groups in total. The van der Waals surface area contributed by atoms with Crippen molar-refractivity contribution in [3.63, 3.8) is 0 Å². The van der Waals surface area contributed by atoms with Crippen molar-refractivity contribution in [2.24, 2.45) is 0 Å². The monoisotopic (exact) mass is 516 g/mol. The molecule has 0 fully saturated rings. The quantitative estimate of drug-likeness (QED) is 0.202. The normalized spacial score (nSPS) is 11.2. The molecule has 0 aliphatic heterocycles. The first kappa shape index (κ1) is 24.0. The summed E-state index contributed by atoms with van der Waals surface area (Å²) in [6, 6.07) is 19.1. The van der Waals surface area contributed by atoms with Crippen molar-refractivity contribution in [1.82, 2.24) is 19.9 Å². The van der Waals surface area contributed by atoms with Gasteiger partial charge in [-0.2, -0.15) is 0 Å². The number of rotatable bonds is 8. The summed E-state index contributed by atoms with van der Waals surface area (Å²) in [5, 5.41) is 7.15. The Bertz CT molecular complexity index is 1440. The van der Waals surface area contributed by atoms with E-state index >= 15 is 0 Å². The molecule has 0 bridgehead atoms. The average molecular weight is 517 g/mol. The van der Waals surface area contributed by atoms with Gasteiger partial charge in [0.05, 0.1) is 33.6 Å². The van der Waals surface area contributed by atoms with Crippen LogP contribution >= 0.6 is 23.5 Å². The fraction of sp³-hybridized carbons (Fsp3) is 0.154. The first-order valence-corrected chi connectivity index (χ1v) is 13.3. The third-order valence-corrected chi connectivity index (χ3v) is 7.11. The number of aromatic nitrogens is 4. The molecule has 36 heavy (non-hydrogen) atoms. The molecule has 0 radical (unpaired) electrons. The van der Waals surface area contributed by atoms with Gasteiger partial charge in [-0.15, -0.1) is 0 Å². The zero-order valence-corrected chi connectivity index (χ0v) is 21.3. The predicted octanol–water partition coefficient (Wildman–Crippen LogP) is 5.52. The van der Waals surface area contributed by atoms with E-state index in [1.54, 1.807) is 24.3 Å². The number of carbonyl (C=O) groups is 2. The lowest BCUT2D eigenvalue weighted by molar-refractivity contribution is -0.114. The Balaban J connectivity index is 1.08. The van der Waals surface area contributed by atoms with Crippen LogP contribution in [0.4, 0.5) is 11.4 Å². The Morgan fingerprint density at radius 2 is 1.11 bits per heavy atom. The molecule has 5 rings (SSSR count). The number of anilines is 2. The predicted molar refractivity (Wildman–Crippen MR) is 147 cm³/mol. The summed E-state index contributed by atoms with van der Waals surface area (Å²) in [4.78, 5) is 40.2. The zero-order valence-electron chi connectivity index (χ0n) is 19.7. The highest BCUT2D eigenvalue weighted by Gasteiger charge is 2.10. The van der Waals surface area contributed by atoms with Gasteiger partial charge in [-0.25, -0.2) is 9.97 Å². The maximum absolute atomic E-state index is 12.4. The van der Waals surface area contributed by atoms with E-state index in [0.717, 1.165) is 33.2 Å². The van der Waals surface area contributed by atoms with E-state index < -0.39 is 0 Å². The molecule has 0 unspecified atom stereocenters. The van der Waals surface area contributed by atoms with Gasteiger partial charge in [-0.3, -0.25) is 9.59 Å². The van der Waals surface area contributed by atoms with Crippen LogP contribution in [0.3, 0.4) is 0 Å². The number of aromatic amines is 2. The van der Waals surface area contributed by atoms with Crippen molar-refractivity contribution in [3.8, 4) is 0 Å². The lowest BCUT2D eigenvalue weighted by atomic mass is 10.2. The second kappa shape index (κ2) is 10.5. The standard InChI is InChI=1S/C26H24N6O2S2/c1-15-3-9-19-21(11-15)31-25(29-19)35-13-23(33)27-17-5-7-18(8-6-17)28-24(34)14-36-26-30-20-10-4-16(2)12-22(20)32-26/h3-12H,13-14H2,1-2H3,(H,27,33)(H,28,34)(H,29,31)(H,30,32). The Morgan fingerprint density at radius 1 is 0.694 bits per heavy atom. The van der Waals surface area contributed by atoms with E-state index in [2.05, 4.69) is 30.6 Å². The number of nitrogens with zero attached hydrogens (tertiary/aromatic N) is 2. The van der Waals surface area contributed by atoms with Crippen molar-refractivity contribution in [2.75, 3.05) is 22.1 Å². The van der Waals surface area contributed by atoms with E-state index in [0.29, 0.717) is 21.7 Å². The highest BCUT2D eigenvalue weighted by Crippen LogP contribution is 2.22. The number of hydrogen-bond donors (Lipinski definition) is 4. The van der Waals surface area contributed by atoms with Gasteiger partial charge in [0.15, 0.2) is 10.3 Å². The van der Waals surface area contributed by atoms with Crippen LogP contribution in [0, 0.1) is 13.8 Å². The largest absolute Gasteiger partial charge is 0.333 e. The van der Waals surface area contributed by atoms with E-state index in [1.165, 1.54) is 23.5 Å².